The van der Waals surface area contributed by atoms with Gasteiger partial charge in [0.2, 0.25) is 0 Å². The molecule has 58 heavy (non-hydrogen) atoms. The maximum absolute atomic E-state index is 3.23. The zero-order valence-electron chi connectivity index (χ0n) is 37.5. The first-order chi connectivity index (χ1) is 26.4. The Balaban J connectivity index is 0.00000283. The molecule has 0 aromatic heterocycles. The van der Waals surface area contributed by atoms with Crippen molar-refractivity contribution in [3.63, 3.8) is 0 Å². The molecule has 0 spiro atoms. The van der Waals surface area contributed by atoms with Gasteiger partial charge in [-0.15, -0.1) is 0 Å². The van der Waals surface area contributed by atoms with E-state index in [9.17, 15) is 0 Å². The minimum atomic E-state index is -3.23. The Morgan fingerprint density at radius 2 is 1.33 bits per heavy atom. The fourth-order valence-corrected chi connectivity index (χ4v) is 24.5. The molecule has 5 aliphatic rings. The molecule has 0 nitrogen and oxygen atoms in total. The molecule has 3 aromatic rings. The Morgan fingerprint density at radius 3 is 1.91 bits per heavy atom. The summed E-state index contributed by atoms with van der Waals surface area (Å²) in [7, 11) is 0. The molecule has 0 amide bonds. The van der Waals surface area contributed by atoms with Crippen LogP contribution < -0.4 is 24.8 Å². The van der Waals surface area contributed by atoms with Crippen molar-refractivity contribution in [2.75, 3.05) is 0 Å². The Hall–Kier alpha value is -2.31. The molecule has 3 aromatic carbocycles. The van der Waals surface area contributed by atoms with E-state index < -0.39 is 21.3 Å². The SMILES string of the molecule is CCCCC1C=C(C(C)(C)C)C=[C]1[Zr+2](=[C](c1ccccc1)c1ccccc1)[C]1(C)C2=C3Cc4ccccc4C3=C3C=CCCC3C2(C)C(C)(C)C(C)(C)C1(C)C.[Cl-].[Cl-]. The van der Waals surface area contributed by atoms with E-state index in [1.165, 1.54) is 47.9 Å². The van der Waals surface area contributed by atoms with Crippen molar-refractivity contribution in [1.29, 1.82) is 0 Å². The largest absolute Gasteiger partial charge is 1.00 e. The Kier molecular flexibility index (Phi) is 12.4. The summed E-state index contributed by atoms with van der Waals surface area (Å²) in [6.45, 7) is 31.7. The van der Waals surface area contributed by atoms with Crippen LogP contribution in [0.25, 0.3) is 5.57 Å². The van der Waals surface area contributed by atoms with Gasteiger partial charge in [0.05, 0.1) is 0 Å². The van der Waals surface area contributed by atoms with Crippen LogP contribution in [0.15, 0.2) is 135 Å². The zero-order chi connectivity index (χ0) is 40.1. The van der Waals surface area contributed by atoms with Crippen LogP contribution in [0.1, 0.15) is 137 Å². The summed E-state index contributed by atoms with van der Waals surface area (Å²) < 4.78 is 3.48. The topological polar surface area (TPSA) is 0 Å². The van der Waals surface area contributed by atoms with Gasteiger partial charge in [0, 0.05) is 0 Å². The number of halogens is 2. The number of fused-ring (bicyclic) bond motifs is 6. The van der Waals surface area contributed by atoms with Crippen LogP contribution in [-0.2, 0) is 27.7 Å². The molecule has 8 rings (SSSR count). The van der Waals surface area contributed by atoms with Gasteiger partial charge in [-0.25, -0.2) is 0 Å². The first-order valence-corrected chi connectivity index (χ1v) is 25.7. The van der Waals surface area contributed by atoms with Crippen molar-refractivity contribution < 1.29 is 46.1 Å². The van der Waals surface area contributed by atoms with E-state index in [0.29, 0.717) is 11.8 Å². The first-order valence-electron chi connectivity index (χ1n) is 22.0. The second-order valence-corrected chi connectivity index (χ2v) is 27.9. The van der Waals surface area contributed by atoms with Gasteiger partial charge in [-0.2, -0.15) is 0 Å². The molecule has 1 fully saturated rings. The van der Waals surface area contributed by atoms with Crippen molar-refractivity contribution in [3.05, 3.63) is 157 Å². The van der Waals surface area contributed by atoms with Crippen molar-refractivity contribution in [3.8, 4) is 0 Å². The van der Waals surface area contributed by atoms with E-state index in [2.05, 4.69) is 192 Å². The molecule has 0 radical (unpaired) electrons. The minimum absolute atomic E-state index is 0. The van der Waals surface area contributed by atoms with Crippen LogP contribution >= 0.6 is 0 Å². The molecule has 4 unspecified atom stereocenters. The smallest absolute Gasteiger partial charge is 1.00 e. The van der Waals surface area contributed by atoms with E-state index in [4.69, 9.17) is 0 Å². The summed E-state index contributed by atoms with van der Waals surface area (Å²) in [4.78, 5) is 0. The molecular formula is C55H68Cl2Zr. The molecule has 5 aliphatic carbocycles. The second kappa shape index (κ2) is 15.9. The Bertz CT molecular complexity index is 2210. The Labute approximate surface area is 372 Å². The van der Waals surface area contributed by atoms with Gasteiger partial charge < -0.3 is 24.8 Å². The molecule has 306 valence electrons. The summed E-state index contributed by atoms with van der Waals surface area (Å²) in [5, 5.41) is 0. The van der Waals surface area contributed by atoms with Crippen LogP contribution in [0, 0.1) is 38.9 Å². The van der Waals surface area contributed by atoms with E-state index in [1.54, 1.807) is 25.5 Å². The van der Waals surface area contributed by atoms with Crippen LogP contribution in [0.3, 0.4) is 0 Å². The van der Waals surface area contributed by atoms with Gasteiger partial charge in [-0.05, 0) is 0 Å². The number of rotatable bonds is 7. The monoisotopic (exact) mass is 888 g/mol. The van der Waals surface area contributed by atoms with E-state index in [1.807, 2.05) is 8.85 Å². The molecule has 0 N–H and O–H groups in total. The Morgan fingerprint density at radius 1 is 0.741 bits per heavy atom. The van der Waals surface area contributed by atoms with Gasteiger partial charge in [0.25, 0.3) is 0 Å². The predicted molar refractivity (Wildman–Crippen MR) is 239 cm³/mol. The molecule has 0 heterocycles. The normalized spacial score (nSPS) is 27.1. The van der Waals surface area contributed by atoms with Crippen LogP contribution in [0.4, 0.5) is 0 Å². The number of hydrogen-bond acceptors (Lipinski definition) is 0. The quantitative estimate of drug-likeness (QED) is 0.222. The van der Waals surface area contributed by atoms with Crippen LogP contribution in [0.5, 0.6) is 0 Å². The third kappa shape index (κ3) is 6.31. The molecule has 0 aliphatic heterocycles. The fourth-order valence-electron chi connectivity index (χ4n) is 12.7. The maximum atomic E-state index is 2.88. The summed E-state index contributed by atoms with van der Waals surface area (Å²) in [6, 6.07) is 33.0. The summed E-state index contributed by atoms with van der Waals surface area (Å²) >= 11 is -3.23. The molecular weight excluding hydrogens is 823 g/mol. The van der Waals surface area contributed by atoms with Crippen molar-refractivity contribution in [2.24, 2.45) is 38.9 Å². The van der Waals surface area contributed by atoms with Gasteiger partial charge in [-0.3, -0.25) is 0 Å². The second-order valence-electron chi connectivity index (χ2n) is 21.0. The van der Waals surface area contributed by atoms with Crippen LogP contribution in [-0.4, -0.2) is 3.21 Å². The third-order valence-corrected chi connectivity index (χ3v) is 27.2. The average molecular weight is 891 g/mol. The zero-order valence-corrected chi connectivity index (χ0v) is 41.5. The maximum Gasteiger partial charge on any atom is -1.00 e. The molecule has 0 saturated heterocycles. The third-order valence-electron chi connectivity index (χ3n) is 17.2. The molecule has 1 saturated carbocycles. The number of hydrogen-bond donors (Lipinski definition) is 0. The van der Waals surface area contributed by atoms with Crippen LogP contribution in [0.2, 0.25) is 3.12 Å². The number of allylic oxidation sites excluding steroid dienone is 10. The standard InChI is InChI=1S/C29H37.C13H10.C13H21.2ClH.Zr/c1-18-25-22-17-19-13-9-10-14-20(19)24(22)21-15-11-12-16-23(21)29(25,8)28(6,7)27(4,5)26(18,2)3;1-3-7-12(8-4-1)11-13-9-5-2-6-10-13;1-5-6-7-11-8-9-12(10-11)13(2,3)4;;;/h9-11,13-15,23H,12,16-17H2,1-8H3;1-10H;9-11H,5-7H2,1-4H3;2*1H;/q;;;;;+2/p-2. The molecule has 0 bridgehead atoms. The van der Waals surface area contributed by atoms with E-state index >= 15 is 0 Å². The van der Waals surface area contributed by atoms with Gasteiger partial charge in [0.1, 0.15) is 0 Å². The van der Waals surface area contributed by atoms with E-state index in [0.717, 1.165) is 12.8 Å². The predicted octanol–water partition coefficient (Wildman–Crippen LogP) is 9.12. The number of benzene rings is 3. The van der Waals surface area contributed by atoms with Crippen molar-refractivity contribution >= 4 is 8.78 Å². The summed E-state index contributed by atoms with van der Waals surface area (Å²) in [6.07, 6.45) is 17.8. The first kappa shape index (κ1) is 45.2. The number of unbranched alkanes of at least 4 members (excludes halogenated alkanes) is 1. The van der Waals surface area contributed by atoms with Gasteiger partial charge in [-0.1, -0.05) is 0 Å². The molecule has 4 atom stereocenters. The van der Waals surface area contributed by atoms with Gasteiger partial charge in [0.15, 0.2) is 0 Å². The average Bonchev–Trinajstić information content (AvgIpc) is 3.78. The summed E-state index contributed by atoms with van der Waals surface area (Å²) in [5.41, 5.74) is 14.4. The minimum Gasteiger partial charge on any atom is -1.00 e. The van der Waals surface area contributed by atoms with Crippen molar-refractivity contribution in [1.82, 2.24) is 0 Å². The fraction of sp³-hybridized carbons (Fsp3) is 0.473. The van der Waals surface area contributed by atoms with Crippen molar-refractivity contribution in [2.45, 2.75) is 125 Å². The molecule has 3 heteroatoms. The van der Waals surface area contributed by atoms with Gasteiger partial charge >= 0.3 is 351 Å². The summed E-state index contributed by atoms with van der Waals surface area (Å²) in [5.74, 6) is 0.964. The van der Waals surface area contributed by atoms with E-state index in [-0.39, 0.29) is 55.0 Å².